The van der Waals surface area contributed by atoms with Crippen LogP contribution in [-0.4, -0.2) is 21.4 Å². The van der Waals surface area contributed by atoms with E-state index in [1.807, 2.05) is 0 Å². The molecule has 0 amide bonds. The minimum absolute atomic E-state index is 0.0854. The number of aromatic nitrogens is 1. The first-order valence-corrected chi connectivity index (χ1v) is 5.80. The Morgan fingerprint density at radius 1 is 1.25 bits per heavy atom. The quantitative estimate of drug-likeness (QED) is 0.885. The summed E-state index contributed by atoms with van der Waals surface area (Å²) in [6.45, 7) is 1.24. The van der Waals surface area contributed by atoms with E-state index in [4.69, 9.17) is 16.7 Å². The maximum absolute atomic E-state index is 13.8. The minimum atomic E-state index is -1.36. The molecule has 4 nitrogen and oxygen atoms in total. The number of nitrogens with zero attached hydrogens (tertiary/aromatic N) is 1. The number of ketones is 1. The fourth-order valence-electron chi connectivity index (χ4n) is 1.77. The van der Waals surface area contributed by atoms with Crippen LogP contribution in [0.15, 0.2) is 24.4 Å². The molecule has 1 aromatic heterocycles. The molecule has 2 aromatic rings. The van der Waals surface area contributed by atoms with Gasteiger partial charge in [-0.1, -0.05) is 11.6 Å². The lowest BCUT2D eigenvalue weighted by Crippen LogP contribution is -2.08. The first-order valence-electron chi connectivity index (χ1n) is 5.42. The molecule has 20 heavy (non-hydrogen) atoms. The lowest BCUT2D eigenvalue weighted by molar-refractivity contribution is 0.0688. The molecule has 1 N–H and O–H groups in total. The molecule has 104 valence electrons. The molecule has 1 aromatic carbocycles. The average Bonchev–Trinajstić information content (AvgIpc) is 2.72. The van der Waals surface area contributed by atoms with Crippen LogP contribution in [0.4, 0.5) is 8.78 Å². The lowest BCUT2D eigenvalue weighted by atomic mass is 10.2. The normalized spacial score (nSPS) is 10.6. The van der Waals surface area contributed by atoms with E-state index in [1.165, 1.54) is 6.92 Å². The highest BCUT2D eigenvalue weighted by Crippen LogP contribution is 2.27. The van der Waals surface area contributed by atoms with E-state index >= 15 is 0 Å². The molecular formula is C13H8ClF2NO3. The van der Waals surface area contributed by atoms with Gasteiger partial charge in [0.1, 0.15) is 17.2 Å². The van der Waals surface area contributed by atoms with Crippen LogP contribution in [0.25, 0.3) is 5.69 Å². The van der Waals surface area contributed by atoms with Gasteiger partial charge in [-0.3, -0.25) is 4.79 Å². The zero-order chi connectivity index (χ0) is 15.0. The van der Waals surface area contributed by atoms with E-state index in [9.17, 15) is 18.4 Å². The first kappa shape index (κ1) is 14.2. The van der Waals surface area contributed by atoms with Crippen LogP contribution in [0.2, 0.25) is 5.02 Å². The Morgan fingerprint density at radius 2 is 1.90 bits per heavy atom. The van der Waals surface area contributed by atoms with Gasteiger partial charge in [0.2, 0.25) is 0 Å². The Labute approximate surface area is 117 Å². The summed E-state index contributed by atoms with van der Waals surface area (Å²) in [5.41, 5.74) is -0.581. The SMILES string of the molecule is CC(=O)c1cc(C(=O)O)n(-c2c(F)cc(F)cc2Cl)c1. The number of carboxylic acids is 1. The number of rotatable bonds is 3. The van der Waals surface area contributed by atoms with Crippen LogP contribution in [0, 0.1) is 11.6 Å². The largest absolute Gasteiger partial charge is 0.477 e. The standard InChI is InChI=1S/C13H8ClF2NO3/c1-6(18)7-2-11(13(19)20)17(5-7)12-9(14)3-8(15)4-10(12)16/h2-5H,1H3,(H,19,20). The molecule has 0 aliphatic carbocycles. The molecule has 0 saturated heterocycles. The van der Waals surface area contributed by atoms with Gasteiger partial charge in [0.15, 0.2) is 11.6 Å². The Morgan fingerprint density at radius 3 is 2.40 bits per heavy atom. The maximum atomic E-state index is 13.8. The Balaban J connectivity index is 2.75. The van der Waals surface area contributed by atoms with Crippen LogP contribution >= 0.6 is 11.6 Å². The number of benzene rings is 1. The zero-order valence-corrected chi connectivity index (χ0v) is 10.9. The van der Waals surface area contributed by atoms with E-state index in [0.29, 0.717) is 6.07 Å². The van der Waals surface area contributed by atoms with Crippen molar-refractivity contribution in [2.45, 2.75) is 6.92 Å². The van der Waals surface area contributed by atoms with Gasteiger partial charge in [-0.2, -0.15) is 0 Å². The van der Waals surface area contributed by atoms with Crippen LogP contribution in [0.5, 0.6) is 0 Å². The predicted octanol–water partition coefficient (Wildman–Crippen LogP) is 3.31. The third-order valence-corrected chi connectivity index (χ3v) is 2.96. The summed E-state index contributed by atoms with van der Waals surface area (Å²) in [6.07, 6.45) is 1.15. The van der Waals surface area contributed by atoms with Crippen molar-refractivity contribution in [3.8, 4) is 5.69 Å². The highest BCUT2D eigenvalue weighted by atomic mass is 35.5. The van der Waals surface area contributed by atoms with Crippen LogP contribution < -0.4 is 0 Å². The number of hydrogen-bond donors (Lipinski definition) is 1. The summed E-state index contributed by atoms with van der Waals surface area (Å²) in [4.78, 5) is 22.4. The fourth-order valence-corrected chi connectivity index (χ4v) is 2.06. The molecule has 0 spiro atoms. The van der Waals surface area contributed by atoms with Gasteiger partial charge in [-0.15, -0.1) is 0 Å². The van der Waals surface area contributed by atoms with Crippen molar-refractivity contribution in [2.75, 3.05) is 0 Å². The number of aromatic carboxylic acids is 1. The second kappa shape index (κ2) is 5.05. The molecule has 0 unspecified atom stereocenters. The van der Waals surface area contributed by atoms with Crippen molar-refractivity contribution in [1.29, 1.82) is 0 Å². The highest BCUT2D eigenvalue weighted by molar-refractivity contribution is 6.32. The Bertz CT molecular complexity index is 701. The molecule has 0 atom stereocenters. The first-order chi connectivity index (χ1) is 9.31. The number of halogens is 3. The Hall–Kier alpha value is -2.21. The van der Waals surface area contributed by atoms with Gasteiger partial charge in [0, 0.05) is 17.8 Å². The summed E-state index contributed by atoms with van der Waals surface area (Å²) in [5.74, 6) is -3.66. The van der Waals surface area contributed by atoms with Gasteiger partial charge < -0.3 is 9.67 Å². The van der Waals surface area contributed by atoms with Gasteiger partial charge in [0.25, 0.3) is 0 Å². The van der Waals surface area contributed by atoms with E-state index < -0.39 is 17.6 Å². The number of carbonyl (C=O) groups is 2. The minimum Gasteiger partial charge on any atom is -0.477 e. The number of carbonyl (C=O) groups excluding carboxylic acids is 1. The second-order valence-corrected chi connectivity index (χ2v) is 4.47. The van der Waals surface area contributed by atoms with Crippen molar-refractivity contribution in [3.05, 3.63) is 52.3 Å². The maximum Gasteiger partial charge on any atom is 0.352 e. The summed E-state index contributed by atoms with van der Waals surface area (Å²) in [6, 6.07) is 2.54. The topological polar surface area (TPSA) is 59.3 Å². The molecular weight excluding hydrogens is 292 g/mol. The summed E-state index contributed by atoms with van der Waals surface area (Å²) in [7, 11) is 0. The number of Topliss-reactive ketones (excluding diaryl/α,β-unsaturated/α-hetero) is 1. The molecule has 0 saturated carbocycles. The molecule has 7 heteroatoms. The average molecular weight is 300 g/mol. The fraction of sp³-hybridized carbons (Fsp3) is 0.0769. The molecule has 2 rings (SSSR count). The second-order valence-electron chi connectivity index (χ2n) is 4.06. The number of hydrogen-bond acceptors (Lipinski definition) is 2. The van der Waals surface area contributed by atoms with Crippen LogP contribution in [0.1, 0.15) is 27.8 Å². The van der Waals surface area contributed by atoms with Crippen LogP contribution in [-0.2, 0) is 0 Å². The van der Waals surface area contributed by atoms with Gasteiger partial charge in [-0.05, 0) is 19.1 Å². The molecule has 1 heterocycles. The van der Waals surface area contributed by atoms with E-state index in [1.54, 1.807) is 0 Å². The van der Waals surface area contributed by atoms with E-state index in [0.717, 1.165) is 22.9 Å². The Kier molecular flexibility index (Phi) is 3.59. The summed E-state index contributed by atoms with van der Waals surface area (Å²) in [5, 5.41) is 8.79. The van der Waals surface area contributed by atoms with Gasteiger partial charge in [-0.25, -0.2) is 13.6 Å². The third kappa shape index (κ3) is 2.42. The molecule has 0 aliphatic rings. The molecule has 0 bridgehead atoms. The number of carboxylic acid groups (broad SMARTS) is 1. The van der Waals surface area contributed by atoms with Crippen LogP contribution in [0.3, 0.4) is 0 Å². The molecule has 0 radical (unpaired) electrons. The third-order valence-electron chi connectivity index (χ3n) is 2.67. The summed E-state index contributed by atoms with van der Waals surface area (Å²) < 4.78 is 27.8. The van der Waals surface area contributed by atoms with Crippen molar-refractivity contribution >= 4 is 23.4 Å². The van der Waals surface area contributed by atoms with E-state index in [2.05, 4.69) is 0 Å². The highest BCUT2D eigenvalue weighted by Gasteiger charge is 2.20. The van der Waals surface area contributed by atoms with Crippen molar-refractivity contribution in [3.63, 3.8) is 0 Å². The molecule has 0 fully saturated rings. The van der Waals surface area contributed by atoms with Gasteiger partial charge >= 0.3 is 5.97 Å². The lowest BCUT2D eigenvalue weighted by Gasteiger charge is -2.09. The summed E-state index contributed by atoms with van der Waals surface area (Å²) >= 11 is 5.76. The zero-order valence-electron chi connectivity index (χ0n) is 10.2. The van der Waals surface area contributed by atoms with Crippen molar-refractivity contribution < 1.29 is 23.5 Å². The van der Waals surface area contributed by atoms with Gasteiger partial charge in [0.05, 0.1) is 5.02 Å². The van der Waals surface area contributed by atoms with Crippen molar-refractivity contribution in [2.24, 2.45) is 0 Å². The predicted molar refractivity (Wildman–Crippen MR) is 67.7 cm³/mol. The molecule has 0 aliphatic heterocycles. The smallest absolute Gasteiger partial charge is 0.352 e. The van der Waals surface area contributed by atoms with E-state index in [-0.39, 0.29) is 27.8 Å². The van der Waals surface area contributed by atoms with Crippen molar-refractivity contribution in [1.82, 2.24) is 4.57 Å². The monoisotopic (exact) mass is 299 g/mol.